The predicted molar refractivity (Wildman–Crippen MR) is 108 cm³/mol. The molecule has 2 aromatic heterocycles. The summed E-state index contributed by atoms with van der Waals surface area (Å²) in [6.07, 6.45) is 8.10. The molecule has 3 heterocycles. The highest BCUT2D eigenvalue weighted by atomic mass is 35.5. The van der Waals surface area contributed by atoms with Crippen molar-refractivity contribution in [3.8, 4) is 11.6 Å². The van der Waals surface area contributed by atoms with Gasteiger partial charge in [-0.05, 0) is 44.2 Å². The monoisotopic (exact) mass is 380 g/mol. The fraction of sp³-hybridized carbons (Fsp3) is 0.238. The van der Waals surface area contributed by atoms with E-state index < -0.39 is 0 Å². The maximum atomic E-state index is 6.28. The number of methoxy groups -OCH3 is 1. The molecule has 0 saturated heterocycles. The lowest BCUT2D eigenvalue weighted by molar-refractivity contribution is 0.313. The molecule has 0 saturated carbocycles. The summed E-state index contributed by atoms with van der Waals surface area (Å²) < 4.78 is 7.06. The molecule has 1 atom stereocenters. The topological polar surface area (TPSA) is 43.2 Å². The maximum Gasteiger partial charge on any atom is 0.213 e. The summed E-state index contributed by atoms with van der Waals surface area (Å²) in [6.45, 7) is 5.21. The summed E-state index contributed by atoms with van der Waals surface area (Å²) in [6, 6.07) is 9.80. The van der Waals surface area contributed by atoms with E-state index in [9.17, 15) is 0 Å². The van der Waals surface area contributed by atoms with E-state index in [1.807, 2.05) is 35.0 Å². The van der Waals surface area contributed by atoms with Gasteiger partial charge in [0, 0.05) is 29.2 Å². The minimum atomic E-state index is 0.126. The molecule has 5 nitrogen and oxygen atoms in total. The fourth-order valence-corrected chi connectivity index (χ4v) is 3.54. The number of hydrogen-bond donors (Lipinski definition) is 0. The first-order chi connectivity index (χ1) is 13.1. The number of fused-ring (bicyclic) bond motifs is 1. The van der Waals surface area contributed by atoms with Crippen LogP contribution in [0.1, 0.15) is 25.6 Å². The fourth-order valence-electron chi connectivity index (χ4n) is 3.37. The van der Waals surface area contributed by atoms with Crippen LogP contribution in [-0.2, 0) is 0 Å². The van der Waals surface area contributed by atoms with Gasteiger partial charge in [0.15, 0.2) is 0 Å². The summed E-state index contributed by atoms with van der Waals surface area (Å²) >= 11 is 6.28. The summed E-state index contributed by atoms with van der Waals surface area (Å²) in [7, 11) is 1.60. The van der Waals surface area contributed by atoms with Crippen LogP contribution in [0.25, 0.3) is 16.6 Å². The number of halogens is 1. The molecular weight excluding hydrogens is 360 g/mol. The molecule has 0 spiro atoms. The van der Waals surface area contributed by atoms with E-state index in [1.54, 1.807) is 13.3 Å². The average Bonchev–Trinajstić information content (AvgIpc) is 3.06. The van der Waals surface area contributed by atoms with Gasteiger partial charge in [-0.1, -0.05) is 23.3 Å². The van der Waals surface area contributed by atoms with Gasteiger partial charge in [0.1, 0.15) is 0 Å². The summed E-state index contributed by atoms with van der Waals surface area (Å²) in [5.74, 6) is 0.572. The van der Waals surface area contributed by atoms with Crippen LogP contribution >= 0.6 is 11.6 Å². The molecule has 138 valence electrons. The quantitative estimate of drug-likeness (QED) is 0.644. The number of ether oxygens (including phenoxy) is 1. The number of benzene rings is 1. The minimum absolute atomic E-state index is 0.126. The second-order valence-corrected chi connectivity index (χ2v) is 7.16. The third-order valence-corrected chi connectivity index (χ3v) is 5.06. The van der Waals surface area contributed by atoms with E-state index in [0.29, 0.717) is 10.9 Å². The third-order valence-electron chi connectivity index (χ3n) is 4.83. The van der Waals surface area contributed by atoms with Crippen LogP contribution in [0.2, 0.25) is 5.02 Å². The molecule has 0 amide bonds. The minimum Gasteiger partial charge on any atom is -0.481 e. The summed E-state index contributed by atoms with van der Waals surface area (Å²) in [4.78, 5) is 6.61. The largest absolute Gasteiger partial charge is 0.481 e. The van der Waals surface area contributed by atoms with Crippen LogP contribution in [0.15, 0.2) is 60.5 Å². The van der Waals surface area contributed by atoms with Gasteiger partial charge in [-0.25, -0.2) is 9.67 Å². The smallest absolute Gasteiger partial charge is 0.213 e. The molecule has 0 bridgehead atoms. The van der Waals surface area contributed by atoms with Gasteiger partial charge in [0.2, 0.25) is 5.88 Å². The van der Waals surface area contributed by atoms with Gasteiger partial charge in [-0.3, -0.25) is 0 Å². The number of nitrogens with zero attached hydrogens (tertiary/aromatic N) is 4. The normalized spacial score (nSPS) is 15.1. The Hall–Kier alpha value is -2.79. The molecule has 3 aromatic rings. The van der Waals surface area contributed by atoms with Crippen molar-refractivity contribution in [3.63, 3.8) is 0 Å². The van der Waals surface area contributed by atoms with E-state index in [0.717, 1.165) is 28.8 Å². The molecule has 0 radical (unpaired) electrons. The maximum absolute atomic E-state index is 6.28. The number of aromatic nitrogens is 3. The van der Waals surface area contributed by atoms with Crippen LogP contribution in [0.4, 0.5) is 0 Å². The second-order valence-electron chi connectivity index (χ2n) is 6.72. The molecule has 1 unspecified atom stereocenters. The number of pyridine rings is 1. The lowest BCUT2D eigenvalue weighted by Crippen LogP contribution is -2.25. The van der Waals surface area contributed by atoms with E-state index in [4.69, 9.17) is 21.4 Å². The lowest BCUT2D eigenvalue weighted by Gasteiger charge is -2.29. The Kier molecular flexibility index (Phi) is 4.62. The molecular formula is C21H21ClN4O. The van der Waals surface area contributed by atoms with E-state index in [-0.39, 0.29) is 6.04 Å². The van der Waals surface area contributed by atoms with Crippen molar-refractivity contribution in [2.75, 3.05) is 13.7 Å². The first-order valence-electron chi connectivity index (χ1n) is 8.85. The van der Waals surface area contributed by atoms with Crippen molar-refractivity contribution < 1.29 is 4.74 Å². The van der Waals surface area contributed by atoms with Crippen LogP contribution in [-0.4, -0.2) is 33.3 Å². The van der Waals surface area contributed by atoms with Crippen LogP contribution in [0.3, 0.4) is 0 Å². The Morgan fingerprint density at radius 3 is 2.78 bits per heavy atom. The van der Waals surface area contributed by atoms with Crippen LogP contribution in [0.5, 0.6) is 5.88 Å². The molecule has 0 fully saturated rings. The zero-order valence-electron chi connectivity index (χ0n) is 15.6. The van der Waals surface area contributed by atoms with Crippen molar-refractivity contribution in [1.29, 1.82) is 0 Å². The summed E-state index contributed by atoms with van der Waals surface area (Å²) in [5.41, 5.74) is 4.17. The number of rotatable bonds is 4. The highest BCUT2D eigenvalue weighted by molar-refractivity contribution is 6.31. The van der Waals surface area contributed by atoms with Crippen molar-refractivity contribution in [3.05, 3.63) is 71.2 Å². The first kappa shape index (κ1) is 17.6. The van der Waals surface area contributed by atoms with Gasteiger partial charge in [-0.2, -0.15) is 5.10 Å². The molecule has 1 aromatic carbocycles. The second kappa shape index (κ2) is 7.08. The van der Waals surface area contributed by atoms with Crippen LogP contribution < -0.4 is 4.74 Å². The zero-order valence-corrected chi connectivity index (χ0v) is 16.3. The van der Waals surface area contributed by atoms with E-state index >= 15 is 0 Å². The highest BCUT2D eigenvalue weighted by Crippen LogP contribution is 2.32. The van der Waals surface area contributed by atoms with Gasteiger partial charge >= 0.3 is 0 Å². The van der Waals surface area contributed by atoms with Crippen molar-refractivity contribution in [2.45, 2.75) is 19.9 Å². The van der Waals surface area contributed by atoms with E-state index in [1.165, 1.54) is 5.57 Å². The lowest BCUT2D eigenvalue weighted by atomic mass is 10.1. The van der Waals surface area contributed by atoms with Crippen molar-refractivity contribution in [2.24, 2.45) is 0 Å². The van der Waals surface area contributed by atoms with Gasteiger partial charge in [0.25, 0.3) is 0 Å². The summed E-state index contributed by atoms with van der Waals surface area (Å²) in [5, 5.41) is 6.71. The average molecular weight is 381 g/mol. The highest BCUT2D eigenvalue weighted by Gasteiger charge is 2.22. The van der Waals surface area contributed by atoms with Gasteiger partial charge in [-0.15, -0.1) is 0 Å². The molecule has 1 aliphatic heterocycles. The molecule has 4 rings (SSSR count). The van der Waals surface area contributed by atoms with Gasteiger partial charge in [0.05, 0.1) is 36.2 Å². The van der Waals surface area contributed by atoms with Crippen LogP contribution in [0, 0.1) is 0 Å². The molecule has 27 heavy (non-hydrogen) atoms. The Balaban J connectivity index is 1.82. The Morgan fingerprint density at radius 2 is 2.07 bits per heavy atom. The third kappa shape index (κ3) is 3.30. The Labute approximate surface area is 163 Å². The first-order valence-corrected chi connectivity index (χ1v) is 9.23. The van der Waals surface area contributed by atoms with Gasteiger partial charge < -0.3 is 9.64 Å². The van der Waals surface area contributed by atoms with Crippen molar-refractivity contribution >= 4 is 22.5 Å². The molecule has 0 aliphatic carbocycles. The number of allylic oxidation sites excluding steroid dienone is 2. The Bertz CT molecular complexity index is 1040. The molecule has 6 heteroatoms. The standard InChI is InChI=1S/C21H21ClN4O/c1-14-5-4-10-25(13-14)15(2)21-18-8-6-16(22)11-19(18)26(24-21)17-7-9-20(27-3)23-12-17/h4-12,15H,13H2,1-3H3. The predicted octanol–water partition coefficient (Wildman–Crippen LogP) is 4.92. The molecule has 0 N–H and O–H groups in total. The van der Waals surface area contributed by atoms with E-state index in [2.05, 4.69) is 42.1 Å². The number of hydrogen-bond acceptors (Lipinski definition) is 4. The Morgan fingerprint density at radius 1 is 1.22 bits per heavy atom. The SMILES string of the molecule is COc1ccc(-n2nc(C(C)N3C=CC=C(C)C3)c3ccc(Cl)cc32)cn1. The molecule has 1 aliphatic rings. The van der Waals surface area contributed by atoms with Crippen molar-refractivity contribution in [1.82, 2.24) is 19.7 Å². The zero-order chi connectivity index (χ0) is 19.0.